The van der Waals surface area contributed by atoms with Crippen molar-refractivity contribution in [3.8, 4) is 0 Å². The van der Waals surface area contributed by atoms with E-state index in [0.29, 0.717) is 18.5 Å². The Morgan fingerprint density at radius 2 is 2.29 bits per heavy atom. The van der Waals surface area contributed by atoms with Crippen molar-refractivity contribution in [2.24, 2.45) is 0 Å². The summed E-state index contributed by atoms with van der Waals surface area (Å²) in [5, 5.41) is 2.58. The van der Waals surface area contributed by atoms with Gasteiger partial charge in [-0.05, 0) is 25.0 Å². The number of carbonyl (C=O) groups is 2. The molecule has 1 aromatic carbocycles. The van der Waals surface area contributed by atoms with Crippen molar-refractivity contribution in [3.05, 3.63) is 35.4 Å². The van der Waals surface area contributed by atoms with Gasteiger partial charge >= 0.3 is 0 Å². The molecule has 0 aliphatic rings. The van der Waals surface area contributed by atoms with Crippen LogP contribution in [0.2, 0.25) is 0 Å². The van der Waals surface area contributed by atoms with Crippen LogP contribution in [0.1, 0.15) is 22.8 Å². The van der Waals surface area contributed by atoms with Gasteiger partial charge in [0.1, 0.15) is 0 Å². The summed E-state index contributed by atoms with van der Waals surface area (Å²) in [5.41, 5.74) is 1.78. The number of hydrogen-bond acceptors (Lipinski definition) is 2. The normalized spacial score (nSPS) is 9.50. The second kappa shape index (κ2) is 5.17. The first-order valence-electron chi connectivity index (χ1n) is 4.51. The third-order valence-corrected chi connectivity index (χ3v) is 1.97. The third-order valence-electron chi connectivity index (χ3n) is 1.97. The predicted molar refractivity (Wildman–Crippen MR) is 54.2 cm³/mol. The Balaban J connectivity index is 2.63. The monoisotopic (exact) mass is 191 g/mol. The number of amides is 1. The van der Waals surface area contributed by atoms with Crippen molar-refractivity contribution in [3.63, 3.8) is 0 Å². The Kier molecular flexibility index (Phi) is 3.85. The molecule has 0 bridgehead atoms. The van der Waals surface area contributed by atoms with Crippen LogP contribution in [0.5, 0.6) is 0 Å². The molecule has 1 amide bonds. The van der Waals surface area contributed by atoms with Crippen molar-refractivity contribution in [2.45, 2.75) is 13.3 Å². The summed E-state index contributed by atoms with van der Waals surface area (Å²) in [7, 11) is 0. The molecule has 3 heteroatoms. The maximum Gasteiger partial charge on any atom is 0.207 e. The fourth-order valence-corrected chi connectivity index (χ4v) is 1.22. The van der Waals surface area contributed by atoms with Gasteiger partial charge < -0.3 is 5.32 Å². The Labute approximate surface area is 83.1 Å². The first-order valence-corrected chi connectivity index (χ1v) is 4.51. The molecule has 0 unspecified atom stereocenters. The van der Waals surface area contributed by atoms with E-state index < -0.39 is 0 Å². The minimum Gasteiger partial charge on any atom is -0.358 e. The Morgan fingerprint density at radius 1 is 1.50 bits per heavy atom. The van der Waals surface area contributed by atoms with Gasteiger partial charge in [-0.15, -0.1) is 0 Å². The lowest BCUT2D eigenvalue weighted by atomic mass is 10.1. The fourth-order valence-electron chi connectivity index (χ4n) is 1.22. The highest BCUT2D eigenvalue weighted by molar-refractivity contribution is 5.94. The van der Waals surface area contributed by atoms with Gasteiger partial charge in [-0.25, -0.2) is 0 Å². The Morgan fingerprint density at radius 3 is 2.93 bits per heavy atom. The molecule has 0 spiro atoms. The second-order valence-electron chi connectivity index (χ2n) is 3.08. The minimum atomic E-state index is 0.0650. The number of rotatable bonds is 5. The van der Waals surface area contributed by atoms with E-state index in [0.717, 1.165) is 12.0 Å². The first-order chi connectivity index (χ1) is 6.74. The molecule has 0 saturated carbocycles. The van der Waals surface area contributed by atoms with Crippen LogP contribution in [-0.2, 0) is 11.2 Å². The van der Waals surface area contributed by atoms with Gasteiger partial charge in [0.05, 0.1) is 0 Å². The molecular weight excluding hydrogens is 178 g/mol. The lowest BCUT2D eigenvalue weighted by molar-refractivity contribution is -0.109. The first kappa shape index (κ1) is 10.4. The molecule has 1 aromatic rings. The van der Waals surface area contributed by atoms with Crippen molar-refractivity contribution in [1.82, 2.24) is 5.32 Å². The van der Waals surface area contributed by atoms with Crippen LogP contribution < -0.4 is 5.32 Å². The van der Waals surface area contributed by atoms with Crippen LogP contribution in [0, 0.1) is 0 Å². The average Bonchev–Trinajstić information content (AvgIpc) is 2.19. The molecule has 0 aliphatic heterocycles. The van der Waals surface area contributed by atoms with Crippen LogP contribution in [0.4, 0.5) is 0 Å². The van der Waals surface area contributed by atoms with Crippen molar-refractivity contribution in [2.75, 3.05) is 6.54 Å². The van der Waals surface area contributed by atoms with Gasteiger partial charge in [-0.2, -0.15) is 0 Å². The van der Waals surface area contributed by atoms with Crippen molar-refractivity contribution in [1.29, 1.82) is 0 Å². The van der Waals surface area contributed by atoms with Gasteiger partial charge in [-0.1, -0.05) is 18.2 Å². The molecule has 3 nitrogen and oxygen atoms in total. The topological polar surface area (TPSA) is 46.2 Å². The van der Waals surface area contributed by atoms with Crippen molar-refractivity contribution >= 4 is 12.2 Å². The Bertz CT molecular complexity index is 334. The zero-order valence-corrected chi connectivity index (χ0v) is 8.12. The number of ketones is 1. The standard InChI is InChI=1S/C11H13NO2/c1-9(14)11-4-2-3-10(7-11)5-6-12-8-13/h2-4,7-8H,5-6H2,1H3,(H,12,13). The molecule has 74 valence electrons. The SMILES string of the molecule is CC(=O)c1cccc(CCNC=O)c1. The van der Waals surface area contributed by atoms with Gasteiger partial charge in [-0.3, -0.25) is 9.59 Å². The smallest absolute Gasteiger partial charge is 0.207 e. The van der Waals surface area contributed by atoms with E-state index in [4.69, 9.17) is 0 Å². The van der Waals surface area contributed by atoms with E-state index in [-0.39, 0.29) is 5.78 Å². The number of carbonyl (C=O) groups excluding carboxylic acids is 2. The molecule has 0 atom stereocenters. The van der Waals surface area contributed by atoms with Crippen LogP contribution in [0.25, 0.3) is 0 Å². The summed E-state index contributed by atoms with van der Waals surface area (Å²) >= 11 is 0. The molecule has 0 aliphatic carbocycles. The second-order valence-corrected chi connectivity index (χ2v) is 3.08. The number of hydrogen-bond donors (Lipinski definition) is 1. The summed E-state index contributed by atoms with van der Waals surface area (Å²) < 4.78 is 0. The lowest BCUT2D eigenvalue weighted by Crippen LogP contribution is -2.14. The summed E-state index contributed by atoms with van der Waals surface area (Å²) in [5.74, 6) is 0.0650. The van der Waals surface area contributed by atoms with Gasteiger partial charge in [0.15, 0.2) is 5.78 Å². The van der Waals surface area contributed by atoms with E-state index in [1.807, 2.05) is 18.2 Å². The van der Waals surface area contributed by atoms with E-state index in [2.05, 4.69) is 5.32 Å². The lowest BCUT2D eigenvalue weighted by Gasteiger charge is -2.02. The number of Topliss-reactive ketones (excluding diaryl/α,β-unsaturated/α-hetero) is 1. The zero-order chi connectivity index (χ0) is 10.4. The van der Waals surface area contributed by atoms with Crippen LogP contribution >= 0.6 is 0 Å². The van der Waals surface area contributed by atoms with E-state index >= 15 is 0 Å². The maximum absolute atomic E-state index is 11.1. The zero-order valence-electron chi connectivity index (χ0n) is 8.12. The van der Waals surface area contributed by atoms with Crippen LogP contribution in [0.3, 0.4) is 0 Å². The molecule has 0 aromatic heterocycles. The molecule has 0 fully saturated rings. The summed E-state index contributed by atoms with van der Waals surface area (Å²) in [6.07, 6.45) is 1.43. The van der Waals surface area contributed by atoms with Gasteiger partial charge in [0, 0.05) is 12.1 Å². The largest absolute Gasteiger partial charge is 0.358 e. The maximum atomic E-state index is 11.1. The highest BCUT2D eigenvalue weighted by Gasteiger charge is 1.99. The van der Waals surface area contributed by atoms with Crippen LogP contribution in [-0.4, -0.2) is 18.7 Å². The highest BCUT2D eigenvalue weighted by atomic mass is 16.1. The van der Waals surface area contributed by atoms with E-state index in [1.165, 1.54) is 0 Å². The number of nitrogens with one attached hydrogen (secondary N) is 1. The minimum absolute atomic E-state index is 0.0650. The quantitative estimate of drug-likeness (QED) is 0.431. The molecule has 1 rings (SSSR count). The molecular formula is C11H13NO2. The number of benzene rings is 1. The molecule has 1 N–H and O–H groups in total. The fraction of sp³-hybridized carbons (Fsp3) is 0.273. The van der Waals surface area contributed by atoms with E-state index in [1.54, 1.807) is 13.0 Å². The predicted octanol–water partition coefficient (Wildman–Crippen LogP) is 1.18. The summed E-state index contributed by atoms with van der Waals surface area (Å²) in [4.78, 5) is 21.1. The van der Waals surface area contributed by atoms with E-state index in [9.17, 15) is 9.59 Å². The molecule has 14 heavy (non-hydrogen) atoms. The summed E-state index contributed by atoms with van der Waals surface area (Å²) in [6, 6.07) is 7.44. The van der Waals surface area contributed by atoms with Gasteiger partial charge in [0.25, 0.3) is 0 Å². The molecule has 0 heterocycles. The third kappa shape index (κ3) is 3.01. The Hall–Kier alpha value is -1.64. The molecule has 0 radical (unpaired) electrons. The van der Waals surface area contributed by atoms with Crippen LogP contribution in [0.15, 0.2) is 24.3 Å². The average molecular weight is 191 g/mol. The summed E-state index contributed by atoms with van der Waals surface area (Å²) in [6.45, 7) is 2.15. The van der Waals surface area contributed by atoms with Crippen molar-refractivity contribution < 1.29 is 9.59 Å². The highest BCUT2D eigenvalue weighted by Crippen LogP contribution is 2.06. The van der Waals surface area contributed by atoms with Gasteiger partial charge in [0.2, 0.25) is 6.41 Å². The molecule has 0 saturated heterocycles.